The fourth-order valence-corrected chi connectivity index (χ4v) is 8.67. The van der Waals surface area contributed by atoms with Crippen molar-refractivity contribution in [3.05, 3.63) is 11.6 Å². The van der Waals surface area contributed by atoms with Crippen molar-refractivity contribution < 1.29 is 125 Å². The van der Waals surface area contributed by atoms with E-state index in [1.54, 1.807) is 5.57 Å². The molecule has 4 rings (SSSR count). The summed E-state index contributed by atoms with van der Waals surface area (Å²) in [6.07, 6.45) is 17.2. The molecule has 0 amide bonds. The Labute approximate surface area is 300 Å². The molecule has 4 aliphatic carbocycles. The summed E-state index contributed by atoms with van der Waals surface area (Å²) in [5.74, 6) is 5.46. The molecule has 4 aliphatic rings. The molecular weight excluding hydrogens is 515 g/mol. The second-order valence-corrected chi connectivity index (χ2v) is 13.4. The molecular formula is C27H46K2O5S. The van der Waals surface area contributed by atoms with Gasteiger partial charge < -0.3 is 14.2 Å². The van der Waals surface area contributed by atoms with Gasteiger partial charge in [-0.3, -0.25) is 8.42 Å². The van der Waals surface area contributed by atoms with Gasteiger partial charge in [0.15, 0.2) is 0 Å². The largest absolute Gasteiger partial charge is 1.00 e. The Kier molecular flexibility index (Phi) is 15.0. The van der Waals surface area contributed by atoms with Gasteiger partial charge in [-0.25, -0.2) is 0 Å². The first-order valence-corrected chi connectivity index (χ1v) is 14.6. The minimum Gasteiger partial charge on any atom is -0.759 e. The van der Waals surface area contributed by atoms with E-state index in [4.69, 9.17) is 17.5 Å². The van der Waals surface area contributed by atoms with E-state index in [9.17, 15) is 5.11 Å². The van der Waals surface area contributed by atoms with Crippen molar-refractivity contribution in [3.63, 3.8) is 0 Å². The zero-order valence-corrected chi connectivity index (χ0v) is 30.4. The van der Waals surface area contributed by atoms with Crippen molar-refractivity contribution >= 4 is 10.4 Å². The van der Waals surface area contributed by atoms with Crippen molar-refractivity contribution in [2.45, 2.75) is 111 Å². The van der Waals surface area contributed by atoms with E-state index in [-0.39, 0.29) is 109 Å². The maximum Gasteiger partial charge on any atom is 1.00 e. The van der Waals surface area contributed by atoms with Crippen LogP contribution in [-0.2, 0) is 10.4 Å². The minimum absolute atomic E-state index is 0. The molecule has 0 aromatic rings. The van der Waals surface area contributed by atoms with Gasteiger partial charge in [-0.2, -0.15) is 0 Å². The topological polar surface area (TPSA) is 100 Å². The molecule has 3 fully saturated rings. The molecule has 8 heteroatoms. The third-order valence-electron chi connectivity index (χ3n) is 10.3. The van der Waals surface area contributed by atoms with Gasteiger partial charge in [-0.1, -0.05) is 65.5 Å². The monoisotopic (exact) mass is 560 g/mol. The Balaban J connectivity index is 0.000000798. The number of aliphatic hydroxyl groups excluding tert-OH is 1. The molecule has 5 nitrogen and oxygen atoms in total. The summed E-state index contributed by atoms with van der Waals surface area (Å²) in [4.78, 5) is 0. The third kappa shape index (κ3) is 8.91. The molecule has 0 spiro atoms. The first kappa shape index (κ1) is 35.9. The van der Waals surface area contributed by atoms with Crippen molar-refractivity contribution in [2.24, 2.45) is 46.3 Å². The van der Waals surface area contributed by atoms with Gasteiger partial charge in [0.1, 0.15) is 0 Å². The van der Waals surface area contributed by atoms with Crippen molar-refractivity contribution in [2.75, 3.05) is 0 Å². The fourth-order valence-electron chi connectivity index (χ4n) is 8.67. The summed E-state index contributed by atoms with van der Waals surface area (Å²) >= 11 is 0. The first-order chi connectivity index (χ1) is 15.3. The Morgan fingerprint density at radius 1 is 1.00 bits per heavy atom. The molecule has 3 saturated carbocycles. The zero-order valence-electron chi connectivity index (χ0n) is 23.4. The molecule has 8 atom stereocenters. The Hall–Kier alpha value is 2.84. The molecule has 0 saturated heterocycles. The van der Waals surface area contributed by atoms with Crippen LogP contribution in [0, 0.1) is 46.3 Å². The summed E-state index contributed by atoms with van der Waals surface area (Å²) in [5, 5.41) is 10.2. The molecule has 0 aromatic carbocycles. The number of hydrogen-bond donors (Lipinski definition) is 1. The van der Waals surface area contributed by atoms with Gasteiger partial charge in [0, 0.05) is 10.4 Å². The molecule has 0 radical (unpaired) electrons. The summed E-state index contributed by atoms with van der Waals surface area (Å²) in [5.41, 5.74) is 2.60. The molecule has 1 N–H and O–H groups in total. The van der Waals surface area contributed by atoms with Gasteiger partial charge in [-0.05, 0) is 97.7 Å². The van der Waals surface area contributed by atoms with Gasteiger partial charge in [0.05, 0.1) is 6.10 Å². The van der Waals surface area contributed by atoms with Crippen molar-refractivity contribution in [3.8, 4) is 0 Å². The Bertz CT molecular complexity index is 808. The van der Waals surface area contributed by atoms with Gasteiger partial charge in [0.2, 0.25) is 0 Å². The van der Waals surface area contributed by atoms with E-state index in [0.717, 1.165) is 48.3 Å². The van der Waals surface area contributed by atoms with Crippen LogP contribution in [0.2, 0.25) is 0 Å². The van der Waals surface area contributed by atoms with E-state index in [1.165, 1.54) is 57.8 Å². The number of aliphatic hydroxyl groups is 1. The van der Waals surface area contributed by atoms with Crippen LogP contribution in [-0.4, -0.2) is 28.7 Å². The average molecular weight is 561 g/mol. The number of allylic oxidation sites excluding steroid dienone is 1. The first-order valence-electron chi connectivity index (χ1n) is 13.3. The molecule has 0 aromatic heterocycles. The maximum absolute atomic E-state index is 10.2. The molecule has 35 heavy (non-hydrogen) atoms. The van der Waals surface area contributed by atoms with Crippen LogP contribution in [0.15, 0.2) is 11.6 Å². The number of rotatable bonds is 5. The second-order valence-electron chi connectivity index (χ2n) is 12.6. The summed E-state index contributed by atoms with van der Waals surface area (Å²) < 4.78 is 34.1. The van der Waals surface area contributed by atoms with Crippen LogP contribution in [0.5, 0.6) is 0 Å². The zero-order chi connectivity index (χ0) is 24.6. The smallest absolute Gasteiger partial charge is 0.759 e. The second kappa shape index (κ2) is 14.6. The maximum atomic E-state index is 10.2. The van der Waals surface area contributed by atoms with Crippen LogP contribution >= 0.6 is 0 Å². The van der Waals surface area contributed by atoms with E-state index in [0.29, 0.717) is 10.8 Å². The normalized spacial score (nSPS) is 38.9. The standard InChI is InChI=1S/C27H46O.2K.H2O4S/c1-18(2)7-6-8-19(3)23-11-12-24-22-10-9-20-17-21(28)13-15-26(20,4)25(22)14-16-27(23,24)5;;;1-5(2,3)4/h9,18-19,21-25,28H,6-8,10-17H2,1-5H3;;;(H2,1,2,3,4)/q;2*+1;/p-2/t19-,21?,22?,23-,24?,25?,26+,27-;;;/m1.../s1. The molecule has 4 unspecified atom stereocenters. The van der Waals surface area contributed by atoms with Crippen molar-refractivity contribution in [1.29, 1.82) is 0 Å². The van der Waals surface area contributed by atoms with E-state index in [2.05, 4.69) is 40.7 Å². The minimum atomic E-state index is -5.17. The quantitative estimate of drug-likeness (QED) is 0.222. The summed E-state index contributed by atoms with van der Waals surface area (Å²) in [6.45, 7) is 12.6. The summed E-state index contributed by atoms with van der Waals surface area (Å²) in [7, 11) is -5.17. The van der Waals surface area contributed by atoms with Gasteiger partial charge >= 0.3 is 103 Å². The van der Waals surface area contributed by atoms with E-state index < -0.39 is 10.4 Å². The predicted octanol–water partition coefficient (Wildman–Crippen LogP) is 0.0587. The van der Waals surface area contributed by atoms with Crippen LogP contribution in [0.3, 0.4) is 0 Å². The van der Waals surface area contributed by atoms with E-state index in [1.807, 2.05) is 0 Å². The van der Waals surface area contributed by atoms with Crippen LogP contribution < -0.4 is 103 Å². The molecule has 0 aliphatic heterocycles. The SMILES string of the molecule is CC(C)CCC[C@@H](C)[C@H]1CCC2C3CC=C4CC(O)CC[C@]4(C)C3CC[C@@]21C.O=S(=O)([O-])[O-].[K+].[K+]. The van der Waals surface area contributed by atoms with Gasteiger partial charge in [0.25, 0.3) is 0 Å². The van der Waals surface area contributed by atoms with Gasteiger partial charge in [-0.15, -0.1) is 0 Å². The molecule has 192 valence electrons. The third-order valence-corrected chi connectivity index (χ3v) is 10.3. The molecule has 0 heterocycles. The fraction of sp³-hybridized carbons (Fsp3) is 0.926. The van der Waals surface area contributed by atoms with Crippen molar-refractivity contribution in [1.82, 2.24) is 0 Å². The Morgan fingerprint density at radius 3 is 2.23 bits per heavy atom. The van der Waals surface area contributed by atoms with Crippen LogP contribution in [0.1, 0.15) is 105 Å². The average Bonchev–Trinajstić information content (AvgIpc) is 3.04. The predicted molar refractivity (Wildman–Crippen MR) is 130 cm³/mol. The van der Waals surface area contributed by atoms with Crippen LogP contribution in [0.25, 0.3) is 0 Å². The van der Waals surface area contributed by atoms with E-state index >= 15 is 0 Å². The molecule has 0 bridgehead atoms. The van der Waals surface area contributed by atoms with Crippen LogP contribution in [0.4, 0.5) is 0 Å². The summed E-state index contributed by atoms with van der Waals surface area (Å²) in [6, 6.07) is 0. The number of fused-ring (bicyclic) bond motifs is 5. The Morgan fingerprint density at radius 2 is 1.63 bits per heavy atom. The number of hydrogen-bond acceptors (Lipinski definition) is 5.